The van der Waals surface area contributed by atoms with Gasteiger partial charge >= 0.3 is 0 Å². The van der Waals surface area contributed by atoms with Crippen molar-refractivity contribution in [2.24, 2.45) is 0 Å². The molecule has 1 aromatic rings. The fraction of sp³-hybridized carbons (Fsp3) is 0.562. The minimum Gasteiger partial charge on any atom is -0.342 e. The zero-order chi connectivity index (χ0) is 14.2. The summed E-state index contributed by atoms with van der Waals surface area (Å²) in [4.78, 5) is 14.7. The van der Waals surface area contributed by atoms with E-state index in [1.54, 1.807) is 12.1 Å². The van der Waals surface area contributed by atoms with Gasteiger partial charge in [-0.25, -0.2) is 4.39 Å². The van der Waals surface area contributed by atoms with Gasteiger partial charge in [0.05, 0.1) is 5.41 Å². The van der Waals surface area contributed by atoms with Crippen LogP contribution in [0.15, 0.2) is 24.3 Å². The highest BCUT2D eigenvalue weighted by molar-refractivity contribution is 5.91. The van der Waals surface area contributed by atoms with E-state index in [-0.39, 0.29) is 11.7 Å². The van der Waals surface area contributed by atoms with Gasteiger partial charge in [-0.3, -0.25) is 4.79 Å². The Morgan fingerprint density at radius 3 is 2.50 bits per heavy atom. The van der Waals surface area contributed by atoms with E-state index in [0.717, 1.165) is 38.8 Å². The third kappa shape index (κ3) is 2.22. The highest BCUT2D eigenvalue weighted by Gasteiger charge is 2.54. The van der Waals surface area contributed by atoms with Crippen molar-refractivity contribution in [2.75, 3.05) is 20.1 Å². The Morgan fingerprint density at radius 2 is 1.95 bits per heavy atom. The molecule has 108 valence electrons. The number of nitrogens with one attached hydrogen (secondary N) is 1. The molecule has 2 fully saturated rings. The molecule has 1 saturated heterocycles. The number of hydrogen-bond donors (Lipinski definition) is 1. The van der Waals surface area contributed by atoms with Crippen molar-refractivity contribution in [3.05, 3.63) is 35.6 Å². The van der Waals surface area contributed by atoms with E-state index in [1.165, 1.54) is 6.07 Å². The van der Waals surface area contributed by atoms with Crippen LogP contribution < -0.4 is 5.32 Å². The molecule has 1 heterocycles. The van der Waals surface area contributed by atoms with Crippen LogP contribution in [0.1, 0.15) is 31.2 Å². The van der Waals surface area contributed by atoms with Crippen molar-refractivity contribution in [2.45, 2.75) is 37.1 Å². The smallest absolute Gasteiger partial charge is 0.233 e. The molecular formula is C16H21FN2O. The zero-order valence-corrected chi connectivity index (χ0v) is 11.9. The second-order valence-corrected chi connectivity index (χ2v) is 5.92. The normalized spacial score (nSPS) is 21.8. The van der Waals surface area contributed by atoms with Crippen molar-refractivity contribution in [3.8, 4) is 0 Å². The number of piperidine rings is 1. The molecular weight excluding hydrogens is 255 g/mol. The van der Waals surface area contributed by atoms with Crippen LogP contribution >= 0.6 is 0 Å². The summed E-state index contributed by atoms with van der Waals surface area (Å²) < 4.78 is 14.0. The maximum Gasteiger partial charge on any atom is 0.233 e. The molecule has 0 radical (unpaired) electrons. The van der Waals surface area contributed by atoms with Gasteiger partial charge in [-0.05, 0) is 38.8 Å². The third-order valence-corrected chi connectivity index (χ3v) is 4.74. The highest BCUT2D eigenvalue weighted by Crippen LogP contribution is 2.50. The second-order valence-electron chi connectivity index (χ2n) is 5.92. The Labute approximate surface area is 119 Å². The van der Waals surface area contributed by atoms with Crippen LogP contribution in [0.25, 0.3) is 0 Å². The Bertz CT molecular complexity index is 505. The molecule has 1 aliphatic carbocycles. The summed E-state index contributed by atoms with van der Waals surface area (Å²) in [6, 6.07) is 7.22. The molecule has 1 N–H and O–H groups in total. The van der Waals surface area contributed by atoms with E-state index in [9.17, 15) is 9.18 Å². The summed E-state index contributed by atoms with van der Waals surface area (Å²) in [6.07, 6.45) is 3.52. The van der Waals surface area contributed by atoms with Crippen molar-refractivity contribution in [3.63, 3.8) is 0 Å². The molecule has 3 rings (SSSR count). The number of nitrogens with zero attached hydrogens (tertiary/aromatic N) is 1. The lowest BCUT2D eigenvalue weighted by Crippen LogP contribution is -2.47. The Kier molecular flexibility index (Phi) is 3.50. The van der Waals surface area contributed by atoms with Crippen LogP contribution in [0.2, 0.25) is 0 Å². The molecule has 3 nitrogen and oxygen atoms in total. The molecule has 1 amide bonds. The molecule has 0 bridgehead atoms. The summed E-state index contributed by atoms with van der Waals surface area (Å²) in [6.45, 7) is 1.56. The van der Waals surface area contributed by atoms with E-state index >= 15 is 0 Å². The number of amides is 1. The van der Waals surface area contributed by atoms with Gasteiger partial charge < -0.3 is 10.2 Å². The predicted octanol–water partition coefficient (Wildman–Crippen LogP) is 2.07. The average molecular weight is 276 g/mol. The number of carbonyl (C=O) groups is 1. The standard InChI is InChI=1S/C16H21FN2O/c1-18-12-6-10-19(11-7-12)15(20)16(8-9-16)13-4-2-3-5-14(13)17/h2-5,12,18H,6-11H2,1H3. The number of carbonyl (C=O) groups excluding carboxylic acids is 1. The predicted molar refractivity (Wildman–Crippen MR) is 76.0 cm³/mol. The lowest BCUT2D eigenvalue weighted by atomic mass is 9.92. The van der Waals surface area contributed by atoms with Gasteiger partial charge in [0.15, 0.2) is 0 Å². The van der Waals surface area contributed by atoms with E-state index in [4.69, 9.17) is 0 Å². The Morgan fingerprint density at radius 1 is 1.30 bits per heavy atom. The monoisotopic (exact) mass is 276 g/mol. The van der Waals surface area contributed by atoms with Gasteiger partial charge in [0.1, 0.15) is 5.82 Å². The number of likely N-dealkylation sites (tertiary alicyclic amines) is 1. The molecule has 1 aromatic carbocycles. The number of halogens is 1. The van der Waals surface area contributed by atoms with Crippen LogP contribution in [-0.4, -0.2) is 37.0 Å². The molecule has 0 atom stereocenters. The van der Waals surface area contributed by atoms with Crippen molar-refractivity contribution >= 4 is 5.91 Å². The van der Waals surface area contributed by atoms with Crippen molar-refractivity contribution < 1.29 is 9.18 Å². The van der Waals surface area contributed by atoms with Crippen LogP contribution in [0.3, 0.4) is 0 Å². The number of benzene rings is 1. The lowest BCUT2D eigenvalue weighted by Gasteiger charge is -2.34. The van der Waals surface area contributed by atoms with Crippen LogP contribution in [-0.2, 0) is 10.2 Å². The maximum atomic E-state index is 14.0. The lowest BCUT2D eigenvalue weighted by molar-refractivity contribution is -0.135. The summed E-state index contributed by atoms with van der Waals surface area (Å²) >= 11 is 0. The maximum absolute atomic E-state index is 14.0. The highest BCUT2D eigenvalue weighted by atomic mass is 19.1. The molecule has 2 aliphatic rings. The van der Waals surface area contributed by atoms with Gasteiger partial charge in [-0.1, -0.05) is 18.2 Å². The first-order valence-electron chi connectivity index (χ1n) is 7.39. The van der Waals surface area contributed by atoms with Gasteiger partial charge in [-0.15, -0.1) is 0 Å². The quantitative estimate of drug-likeness (QED) is 0.916. The molecule has 0 aromatic heterocycles. The Balaban J connectivity index is 1.76. The summed E-state index contributed by atoms with van der Waals surface area (Å²) in [7, 11) is 1.96. The number of rotatable bonds is 3. The third-order valence-electron chi connectivity index (χ3n) is 4.74. The van der Waals surface area contributed by atoms with Gasteiger partial charge in [-0.2, -0.15) is 0 Å². The van der Waals surface area contributed by atoms with Crippen molar-refractivity contribution in [1.82, 2.24) is 10.2 Å². The summed E-state index contributed by atoms with van der Waals surface area (Å²) in [5.74, 6) is -0.124. The first-order chi connectivity index (χ1) is 9.67. The van der Waals surface area contributed by atoms with E-state index in [0.29, 0.717) is 11.6 Å². The zero-order valence-electron chi connectivity index (χ0n) is 11.9. The molecule has 4 heteroatoms. The largest absolute Gasteiger partial charge is 0.342 e. The first kappa shape index (κ1) is 13.6. The van der Waals surface area contributed by atoms with E-state index in [2.05, 4.69) is 5.32 Å². The first-order valence-corrected chi connectivity index (χ1v) is 7.39. The average Bonchev–Trinajstić information content (AvgIpc) is 3.29. The van der Waals surface area contributed by atoms with Crippen LogP contribution in [0, 0.1) is 5.82 Å². The van der Waals surface area contributed by atoms with Gasteiger partial charge in [0, 0.05) is 24.7 Å². The van der Waals surface area contributed by atoms with E-state index < -0.39 is 5.41 Å². The molecule has 1 aliphatic heterocycles. The van der Waals surface area contributed by atoms with Crippen LogP contribution in [0.5, 0.6) is 0 Å². The van der Waals surface area contributed by atoms with Gasteiger partial charge in [0.25, 0.3) is 0 Å². The molecule has 1 saturated carbocycles. The fourth-order valence-electron chi connectivity index (χ4n) is 3.25. The second kappa shape index (κ2) is 5.17. The summed E-state index contributed by atoms with van der Waals surface area (Å²) in [5, 5.41) is 3.26. The molecule has 20 heavy (non-hydrogen) atoms. The van der Waals surface area contributed by atoms with Crippen molar-refractivity contribution in [1.29, 1.82) is 0 Å². The summed E-state index contributed by atoms with van der Waals surface area (Å²) in [5.41, 5.74) is 0.0124. The fourth-order valence-corrected chi connectivity index (χ4v) is 3.25. The van der Waals surface area contributed by atoms with E-state index in [1.807, 2.05) is 18.0 Å². The van der Waals surface area contributed by atoms with Gasteiger partial charge in [0.2, 0.25) is 5.91 Å². The topological polar surface area (TPSA) is 32.3 Å². The molecule has 0 spiro atoms. The Hall–Kier alpha value is -1.42. The molecule has 0 unspecified atom stereocenters. The SMILES string of the molecule is CNC1CCN(C(=O)C2(c3ccccc3F)CC2)CC1. The minimum absolute atomic E-state index is 0.122. The van der Waals surface area contributed by atoms with Crippen LogP contribution in [0.4, 0.5) is 4.39 Å². The number of hydrogen-bond acceptors (Lipinski definition) is 2. The minimum atomic E-state index is -0.572.